The van der Waals surface area contributed by atoms with Gasteiger partial charge in [0, 0.05) is 26.2 Å². The molecule has 2 atom stereocenters. The molecule has 0 bridgehead atoms. The fraction of sp³-hybridized carbons (Fsp3) is 0.857. The summed E-state index contributed by atoms with van der Waals surface area (Å²) in [7, 11) is 0. The van der Waals surface area contributed by atoms with Gasteiger partial charge in [-0.25, -0.2) is 4.79 Å². The largest absolute Gasteiger partial charge is 0.481 e. The van der Waals surface area contributed by atoms with Gasteiger partial charge in [-0.05, 0) is 18.8 Å². The van der Waals surface area contributed by atoms with Crippen molar-refractivity contribution in [3.63, 3.8) is 0 Å². The van der Waals surface area contributed by atoms with Crippen LogP contribution in [0.3, 0.4) is 0 Å². The maximum absolute atomic E-state index is 12.0. The Balaban J connectivity index is 2.26. The van der Waals surface area contributed by atoms with Crippen LogP contribution in [0.4, 0.5) is 4.79 Å². The van der Waals surface area contributed by atoms with E-state index in [1.165, 1.54) is 0 Å². The number of carboxylic acid groups (broad SMARTS) is 1. The van der Waals surface area contributed by atoms with Crippen LogP contribution >= 0.6 is 0 Å². The minimum Gasteiger partial charge on any atom is -0.481 e. The zero-order chi connectivity index (χ0) is 15.0. The van der Waals surface area contributed by atoms with Crippen LogP contribution in [0.5, 0.6) is 0 Å². The van der Waals surface area contributed by atoms with Gasteiger partial charge in [0.25, 0.3) is 0 Å². The summed E-state index contributed by atoms with van der Waals surface area (Å²) >= 11 is 0. The molecular weight excluding hydrogens is 260 g/mol. The molecule has 0 aromatic carbocycles. The molecule has 0 aromatic rings. The first-order valence-corrected chi connectivity index (χ1v) is 7.37. The molecular formula is C14H26N2O4. The minimum absolute atomic E-state index is 0.193. The predicted molar refractivity (Wildman–Crippen MR) is 75.6 cm³/mol. The molecule has 2 N–H and O–H groups in total. The Bertz CT molecular complexity index is 322. The zero-order valence-corrected chi connectivity index (χ0v) is 12.4. The van der Waals surface area contributed by atoms with E-state index in [9.17, 15) is 9.59 Å². The minimum atomic E-state index is -0.822. The molecule has 1 saturated heterocycles. The Morgan fingerprint density at radius 2 is 2.10 bits per heavy atom. The highest BCUT2D eigenvalue weighted by atomic mass is 16.5. The summed E-state index contributed by atoms with van der Waals surface area (Å²) in [5.41, 5.74) is 0. The van der Waals surface area contributed by atoms with E-state index < -0.39 is 11.9 Å². The van der Waals surface area contributed by atoms with E-state index in [1.54, 1.807) is 4.90 Å². The second-order valence-electron chi connectivity index (χ2n) is 5.48. The Hall–Kier alpha value is -1.30. The van der Waals surface area contributed by atoms with E-state index in [0.717, 1.165) is 12.8 Å². The highest BCUT2D eigenvalue weighted by Gasteiger charge is 2.31. The Morgan fingerprint density at radius 3 is 2.75 bits per heavy atom. The number of hydrogen-bond acceptors (Lipinski definition) is 3. The Kier molecular flexibility index (Phi) is 7.36. The third kappa shape index (κ3) is 5.77. The maximum atomic E-state index is 12.0. The van der Waals surface area contributed by atoms with Crippen LogP contribution in [0, 0.1) is 11.8 Å². The summed E-state index contributed by atoms with van der Waals surface area (Å²) in [5.74, 6) is -1.06. The quantitative estimate of drug-likeness (QED) is 0.696. The van der Waals surface area contributed by atoms with Crippen LogP contribution in [-0.4, -0.2) is 54.9 Å². The molecule has 2 amide bonds. The van der Waals surface area contributed by atoms with Gasteiger partial charge in [-0.2, -0.15) is 0 Å². The van der Waals surface area contributed by atoms with Crippen LogP contribution in [-0.2, 0) is 9.53 Å². The van der Waals surface area contributed by atoms with Gasteiger partial charge >= 0.3 is 12.0 Å². The van der Waals surface area contributed by atoms with E-state index in [-0.39, 0.29) is 11.9 Å². The van der Waals surface area contributed by atoms with Gasteiger partial charge in [0.15, 0.2) is 0 Å². The van der Waals surface area contributed by atoms with Gasteiger partial charge in [0.05, 0.1) is 12.5 Å². The van der Waals surface area contributed by atoms with Crippen molar-refractivity contribution in [3.8, 4) is 0 Å². The number of rotatable bonds is 7. The number of amides is 2. The molecule has 0 radical (unpaired) electrons. The maximum Gasteiger partial charge on any atom is 0.317 e. The number of unbranched alkanes of at least 4 members (excludes halogenated alkanes) is 1. The monoisotopic (exact) mass is 286 g/mol. The fourth-order valence-corrected chi connectivity index (χ4v) is 2.39. The number of likely N-dealkylation sites (tertiary alicyclic amines) is 1. The van der Waals surface area contributed by atoms with E-state index in [4.69, 9.17) is 9.84 Å². The number of urea groups is 1. The lowest BCUT2D eigenvalue weighted by molar-refractivity contribution is -0.143. The zero-order valence-electron chi connectivity index (χ0n) is 12.4. The molecule has 116 valence electrons. The molecule has 6 nitrogen and oxygen atoms in total. The summed E-state index contributed by atoms with van der Waals surface area (Å²) in [5, 5.41) is 11.9. The standard InChI is InChI=1S/C14H26N2O4/c1-3-4-6-20-7-5-15-14(19)16-9-11(2)8-12(10-16)13(17)18/h11-12H,3-10H2,1-2H3,(H,15,19)(H,17,18). The van der Waals surface area contributed by atoms with Gasteiger partial charge < -0.3 is 20.1 Å². The number of nitrogens with zero attached hydrogens (tertiary/aromatic N) is 1. The van der Waals surface area contributed by atoms with Crippen molar-refractivity contribution in [2.24, 2.45) is 11.8 Å². The normalized spacial score (nSPS) is 22.6. The average molecular weight is 286 g/mol. The lowest BCUT2D eigenvalue weighted by atomic mass is 9.91. The molecule has 1 heterocycles. The van der Waals surface area contributed by atoms with Crippen LogP contribution in [0.15, 0.2) is 0 Å². The van der Waals surface area contributed by atoms with Crippen molar-refractivity contribution in [1.82, 2.24) is 10.2 Å². The molecule has 2 unspecified atom stereocenters. The lowest BCUT2D eigenvalue weighted by Gasteiger charge is -2.34. The van der Waals surface area contributed by atoms with Gasteiger partial charge in [-0.3, -0.25) is 4.79 Å². The number of hydrogen-bond donors (Lipinski definition) is 2. The summed E-state index contributed by atoms with van der Waals surface area (Å²) in [6, 6.07) is -0.193. The molecule has 0 aromatic heterocycles. The summed E-state index contributed by atoms with van der Waals surface area (Å²) < 4.78 is 5.36. The number of piperidine rings is 1. The number of ether oxygens (including phenoxy) is 1. The second-order valence-corrected chi connectivity index (χ2v) is 5.48. The molecule has 1 fully saturated rings. The summed E-state index contributed by atoms with van der Waals surface area (Å²) in [4.78, 5) is 24.6. The molecule has 1 aliphatic rings. The highest BCUT2D eigenvalue weighted by molar-refractivity contribution is 5.76. The number of carbonyl (C=O) groups is 2. The molecule has 0 saturated carbocycles. The van der Waals surface area contributed by atoms with Gasteiger partial charge in [-0.15, -0.1) is 0 Å². The topological polar surface area (TPSA) is 78.9 Å². The first-order valence-electron chi connectivity index (χ1n) is 7.37. The predicted octanol–water partition coefficient (Wildman–Crippen LogP) is 1.56. The second kappa shape index (κ2) is 8.79. The summed E-state index contributed by atoms with van der Waals surface area (Å²) in [6.45, 7) is 6.66. The highest BCUT2D eigenvalue weighted by Crippen LogP contribution is 2.21. The number of aliphatic carboxylic acids is 1. The fourth-order valence-electron chi connectivity index (χ4n) is 2.39. The van der Waals surface area contributed by atoms with Crippen LogP contribution in [0.1, 0.15) is 33.1 Å². The van der Waals surface area contributed by atoms with Crippen molar-refractivity contribution in [1.29, 1.82) is 0 Å². The lowest BCUT2D eigenvalue weighted by Crippen LogP contribution is -2.50. The van der Waals surface area contributed by atoms with Crippen LogP contribution in [0.2, 0.25) is 0 Å². The number of nitrogens with one attached hydrogen (secondary N) is 1. The van der Waals surface area contributed by atoms with Gasteiger partial charge in [-0.1, -0.05) is 20.3 Å². The third-order valence-corrected chi connectivity index (χ3v) is 3.46. The van der Waals surface area contributed by atoms with E-state index in [0.29, 0.717) is 39.3 Å². The van der Waals surface area contributed by atoms with E-state index in [1.807, 2.05) is 6.92 Å². The molecule has 1 aliphatic heterocycles. The van der Waals surface area contributed by atoms with Gasteiger partial charge in [0.1, 0.15) is 0 Å². The Labute approximate surface area is 120 Å². The van der Waals surface area contributed by atoms with E-state index >= 15 is 0 Å². The Morgan fingerprint density at radius 1 is 1.35 bits per heavy atom. The SMILES string of the molecule is CCCCOCCNC(=O)N1CC(C)CC(C(=O)O)C1. The van der Waals surface area contributed by atoms with Crippen LogP contribution < -0.4 is 5.32 Å². The third-order valence-electron chi connectivity index (χ3n) is 3.46. The van der Waals surface area contributed by atoms with Crippen molar-refractivity contribution in [3.05, 3.63) is 0 Å². The smallest absolute Gasteiger partial charge is 0.317 e. The van der Waals surface area contributed by atoms with Crippen molar-refractivity contribution in [2.75, 3.05) is 32.8 Å². The molecule has 0 aliphatic carbocycles. The first-order chi connectivity index (χ1) is 9.54. The van der Waals surface area contributed by atoms with Crippen LogP contribution in [0.25, 0.3) is 0 Å². The summed E-state index contributed by atoms with van der Waals surface area (Å²) in [6.07, 6.45) is 2.76. The molecule has 6 heteroatoms. The van der Waals surface area contributed by atoms with Crippen molar-refractivity contribution >= 4 is 12.0 Å². The first kappa shape index (κ1) is 16.8. The van der Waals surface area contributed by atoms with Gasteiger partial charge in [0.2, 0.25) is 0 Å². The molecule has 20 heavy (non-hydrogen) atoms. The van der Waals surface area contributed by atoms with Crippen molar-refractivity contribution in [2.45, 2.75) is 33.1 Å². The van der Waals surface area contributed by atoms with E-state index in [2.05, 4.69) is 12.2 Å². The van der Waals surface area contributed by atoms with Crippen molar-refractivity contribution < 1.29 is 19.4 Å². The average Bonchev–Trinajstić information content (AvgIpc) is 2.41. The molecule has 0 spiro atoms. The number of carbonyl (C=O) groups excluding carboxylic acids is 1. The number of carboxylic acids is 1. The molecule has 1 rings (SSSR count).